The molecule has 0 amide bonds. The summed E-state index contributed by atoms with van der Waals surface area (Å²) < 4.78 is 15.9. The number of furan rings is 1. The van der Waals surface area contributed by atoms with Crippen LogP contribution in [0.3, 0.4) is 0 Å². The van der Waals surface area contributed by atoms with E-state index in [1.54, 1.807) is 6.26 Å². The van der Waals surface area contributed by atoms with Crippen LogP contribution >= 0.6 is 0 Å². The first kappa shape index (κ1) is 13.4. The Morgan fingerprint density at radius 2 is 2.14 bits per heavy atom. The molecule has 1 aromatic carbocycles. The lowest BCUT2D eigenvalue weighted by molar-refractivity contribution is 0.0564. The van der Waals surface area contributed by atoms with Gasteiger partial charge in [-0.15, -0.1) is 0 Å². The Labute approximate surface area is 121 Å². The van der Waals surface area contributed by atoms with Crippen molar-refractivity contribution in [2.75, 3.05) is 7.11 Å². The van der Waals surface area contributed by atoms with E-state index in [1.807, 2.05) is 31.2 Å². The summed E-state index contributed by atoms with van der Waals surface area (Å²) in [6.45, 7) is 2.02. The zero-order chi connectivity index (χ0) is 14.8. The molecule has 2 aromatic heterocycles. The third kappa shape index (κ3) is 2.31. The Bertz CT molecular complexity index is 785. The zero-order valence-corrected chi connectivity index (χ0v) is 11.9. The fourth-order valence-corrected chi connectivity index (χ4v) is 2.27. The summed E-state index contributed by atoms with van der Waals surface area (Å²) in [4.78, 5) is 16.2. The maximum Gasteiger partial charge on any atom is 0.376 e. The third-order valence-electron chi connectivity index (χ3n) is 3.27. The summed E-state index contributed by atoms with van der Waals surface area (Å²) >= 11 is 0. The minimum atomic E-state index is -0.509. The van der Waals surface area contributed by atoms with E-state index >= 15 is 0 Å². The predicted octanol–water partition coefficient (Wildman–Crippen LogP) is 3.83. The molecule has 3 rings (SSSR count). The van der Waals surface area contributed by atoms with Gasteiger partial charge in [0.25, 0.3) is 0 Å². The van der Waals surface area contributed by atoms with Crippen LogP contribution in [0.5, 0.6) is 0 Å². The van der Waals surface area contributed by atoms with E-state index in [9.17, 15) is 4.79 Å². The molecule has 0 unspecified atom stereocenters. The minimum absolute atomic E-state index is 0.166. The third-order valence-corrected chi connectivity index (χ3v) is 3.27. The van der Waals surface area contributed by atoms with Crippen LogP contribution in [0.4, 0.5) is 0 Å². The molecule has 0 saturated heterocycles. The normalized spacial score (nSPS) is 11.0. The summed E-state index contributed by atoms with van der Waals surface area (Å²) in [7, 11) is 1.33. The number of fused-ring (bicyclic) bond motifs is 1. The van der Waals surface area contributed by atoms with Crippen molar-refractivity contribution < 1.29 is 18.4 Å². The van der Waals surface area contributed by atoms with Crippen LogP contribution in [0.2, 0.25) is 0 Å². The molecule has 5 heteroatoms. The Kier molecular flexibility index (Phi) is 3.48. The van der Waals surface area contributed by atoms with Gasteiger partial charge in [-0.05, 0) is 12.5 Å². The molecule has 0 N–H and O–H groups in total. The van der Waals surface area contributed by atoms with Gasteiger partial charge in [-0.25, -0.2) is 9.78 Å². The number of hydrogen-bond acceptors (Lipinski definition) is 5. The summed E-state index contributed by atoms with van der Waals surface area (Å²) in [6.07, 6.45) is 3.11. The molecule has 3 aromatic rings. The molecule has 0 fully saturated rings. The van der Waals surface area contributed by atoms with Gasteiger partial charge in [-0.2, -0.15) is 0 Å². The van der Waals surface area contributed by atoms with Crippen molar-refractivity contribution in [2.45, 2.75) is 19.8 Å². The highest BCUT2D eigenvalue weighted by Crippen LogP contribution is 2.31. The SMILES string of the molecule is CCCc1nc(-c2coc3ccccc23)oc1C(=O)OC. The molecule has 0 aliphatic heterocycles. The van der Waals surface area contributed by atoms with Gasteiger partial charge in [0.15, 0.2) is 0 Å². The van der Waals surface area contributed by atoms with Crippen molar-refractivity contribution in [3.05, 3.63) is 42.0 Å². The van der Waals surface area contributed by atoms with E-state index in [0.29, 0.717) is 18.0 Å². The maximum atomic E-state index is 11.8. The monoisotopic (exact) mass is 285 g/mol. The summed E-state index contributed by atoms with van der Waals surface area (Å²) in [5.41, 5.74) is 2.10. The Balaban J connectivity index is 2.12. The molecule has 0 saturated carbocycles. The first-order chi connectivity index (χ1) is 10.2. The minimum Gasteiger partial charge on any atom is -0.463 e. The lowest BCUT2D eigenvalue weighted by Gasteiger charge is -1.96. The smallest absolute Gasteiger partial charge is 0.376 e. The van der Waals surface area contributed by atoms with Gasteiger partial charge < -0.3 is 13.6 Å². The summed E-state index contributed by atoms with van der Waals surface area (Å²) in [5.74, 6) is 0.0356. The van der Waals surface area contributed by atoms with E-state index < -0.39 is 5.97 Å². The van der Waals surface area contributed by atoms with Crippen LogP contribution in [0.1, 0.15) is 29.6 Å². The van der Waals surface area contributed by atoms with Crippen molar-refractivity contribution in [1.29, 1.82) is 0 Å². The molecule has 0 aliphatic carbocycles. The van der Waals surface area contributed by atoms with Gasteiger partial charge in [-0.3, -0.25) is 0 Å². The predicted molar refractivity (Wildman–Crippen MR) is 77.0 cm³/mol. The number of carbonyl (C=O) groups is 1. The number of nitrogens with zero attached hydrogens (tertiary/aromatic N) is 1. The Hall–Kier alpha value is -2.56. The van der Waals surface area contributed by atoms with Crippen LogP contribution in [0, 0.1) is 0 Å². The van der Waals surface area contributed by atoms with Crippen LogP contribution in [0.15, 0.2) is 39.4 Å². The van der Waals surface area contributed by atoms with Gasteiger partial charge >= 0.3 is 5.97 Å². The van der Waals surface area contributed by atoms with Gasteiger partial charge in [0.05, 0.1) is 18.4 Å². The van der Waals surface area contributed by atoms with Gasteiger partial charge in [0.1, 0.15) is 11.8 Å². The topological polar surface area (TPSA) is 65.5 Å². The molecule has 0 spiro atoms. The molecular formula is C16H15NO4. The number of hydrogen-bond donors (Lipinski definition) is 0. The number of methoxy groups -OCH3 is 1. The second-order valence-corrected chi connectivity index (χ2v) is 4.68. The van der Waals surface area contributed by atoms with Crippen molar-refractivity contribution in [1.82, 2.24) is 4.98 Å². The number of para-hydroxylation sites is 1. The fourth-order valence-electron chi connectivity index (χ4n) is 2.27. The molecule has 0 atom stereocenters. The van der Waals surface area contributed by atoms with Gasteiger partial charge in [-0.1, -0.05) is 31.5 Å². The number of oxazole rings is 1. The highest BCUT2D eigenvalue weighted by molar-refractivity contribution is 5.93. The van der Waals surface area contributed by atoms with Crippen molar-refractivity contribution >= 4 is 16.9 Å². The summed E-state index contributed by atoms with van der Waals surface area (Å²) in [5, 5.41) is 0.901. The van der Waals surface area contributed by atoms with E-state index in [0.717, 1.165) is 23.0 Å². The average molecular weight is 285 g/mol. The molecule has 2 heterocycles. The number of carbonyl (C=O) groups excluding carboxylic acids is 1. The van der Waals surface area contributed by atoms with Crippen molar-refractivity contribution in [3.8, 4) is 11.5 Å². The standard InChI is InChI=1S/C16H15NO4/c1-3-6-12-14(16(18)19-2)21-15(17-12)11-9-20-13-8-5-4-7-10(11)13/h4-5,7-9H,3,6H2,1-2H3. The Morgan fingerprint density at radius 1 is 1.33 bits per heavy atom. The average Bonchev–Trinajstić information content (AvgIpc) is 3.10. The molecule has 0 radical (unpaired) electrons. The molecule has 5 nitrogen and oxygen atoms in total. The molecule has 21 heavy (non-hydrogen) atoms. The molecule has 0 bridgehead atoms. The lowest BCUT2D eigenvalue weighted by Crippen LogP contribution is -2.03. The Morgan fingerprint density at radius 3 is 2.90 bits per heavy atom. The van der Waals surface area contributed by atoms with Crippen molar-refractivity contribution in [3.63, 3.8) is 0 Å². The van der Waals surface area contributed by atoms with E-state index in [4.69, 9.17) is 13.6 Å². The summed E-state index contributed by atoms with van der Waals surface area (Å²) in [6, 6.07) is 7.61. The quantitative estimate of drug-likeness (QED) is 0.682. The molecule has 108 valence electrons. The highest BCUT2D eigenvalue weighted by Gasteiger charge is 2.22. The number of rotatable bonds is 4. The number of aryl methyl sites for hydroxylation is 1. The molecule has 0 aliphatic rings. The second kappa shape index (κ2) is 5.44. The van der Waals surface area contributed by atoms with Crippen LogP contribution < -0.4 is 0 Å². The van der Waals surface area contributed by atoms with Crippen LogP contribution in [-0.2, 0) is 11.2 Å². The van der Waals surface area contributed by atoms with Crippen LogP contribution in [-0.4, -0.2) is 18.1 Å². The fraction of sp³-hybridized carbons (Fsp3) is 0.250. The first-order valence-electron chi connectivity index (χ1n) is 6.79. The number of benzene rings is 1. The van der Waals surface area contributed by atoms with Crippen LogP contribution in [0.25, 0.3) is 22.4 Å². The second-order valence-electron chi connectivity index (χ2n) is 4.68. The maximum absolute atomic E-state index is 11.8. The zero-order valence-electron chi connectivity index (χ0n) is 11.9. The number of ether oxygens (including phenoxy) is 1. The van der Waals surface area contributed by atoms with E-state index in [-0.39, 0.29) is 5.76 Å². The number of esters is 1. The van der Waals surface area contributed by atoms with Gasteiger partial charge in [0, 0.05) is 5.39 Å². The first-order valence-corrected chi connectivity index (χ1v) is 6.79. The van der Waals surface area contributed by atoms with E-state index in [1.165, 1.54) is 7.11 Å². The molecular weight excluding hydrogens is 270 g/mol. The van der Waals surface area contributed by atoms with Crippen molar-refractivity contribution in [2.24, 2.45) is 0 Å². The lowest BCUT2D eigenvalue weighted by atomic mass is 10.2. The van der Waals surface area contributed by atoms with E-state index in [2.05, 4.69) is 4.98 Å². The highest BCUT2D eigenvalue weighted by atomic mass is 16.5. The van der Waals surface area contributed by atoms with Gasteiger partial charge in [0.2, 0.25) is 11.7 Å². The largest absolute Gasteiger partial charge is 0.463 e. The number of aromatic nitrogens is 1.